The fourth-order valence-corrected chi connectivity index (χ4v) is 3.46. The van der Waals surface area contributed by atoms with Crippen LogP contribution in [0, 0.1) is 0 Å². The van der Waals surface area contributed by atoms with E-state index in [2.05, 4.69) is 4.72 Å². The van der Waals surface area contributed by atoms with Crippen molar-refractivity contribution in [3.05, 3.63) is 24.3 Å². The second kappa shape index (κ2) is 6.50. The van der Waals surface area contributed by atoms with Gasteiger partial charge in [-0.15, -0.1) is 0 Å². The number of hydrogen-bond donors (Lipinski definition) is 3. The van der Waals surface area contributed by atoms with Gasteiger partial charge in [-0.1, -0.05) is 12.1 Å². The molecule has 0 unspecified atom stereocenters. The van der Waals surface area contributed by atoms with Crippen LogP contribution in [0.25, 0.3) is 0 Å². The van der Waals surface area contributed by atoms with Crippen molar-refractivity contribution in [1.29, 1.82) is 0 Å². The monoisotopic (exact) mass is 345 g/mol. The molecule has 0 bridgehead atoms. The lowest BCUT2D eigenvalue weighted by Gasteiger charge is -2.21. The van der Waals surface area contributed by atoms with Gasteiger partial charge in [-0.25, -0.2) is 22.3 Å². The first kappa shape index (κ1) is 17.2. The minimum absolute atomic E-state index is 0.0147. The Labute approximate surface area is 132 Å². The molecule has 0 aromatic heterocycles. The Morgan fingerprint density at radius 2 is 2.04 bits per heavy atom. The van der Waals surface area contributed by atoms with Crippen LogP contribution in [-0.2, 0) is 19.6 Å². The first-order chi connectivity index (χ1) is 10.7. The van der Waals surface area contributed by atoms with Crippen molar-refractivity contribution >= 4 is 27.6 Å². The largest absolute Gasteiger partial charge is 0.480 e. The maximum Gasteiger partial charge on any atom is 0.326 e. The zero-order valence-corrected chi connectivity index (χ0v) is 12.8. The second-order valence-corrected chi connectivity index (χ2v) is 6.83. The summed E-state index contributed by atoms with van der Waals surface area (Å²) in [6.45, 7) is -1.04. The molecule has 1 aliphatic heterocycles. The van der Waals surface area contributed by atoms with Crippen LogP contribution < -0.4 is 10.5 Å². The summed E-state index contributed by atoms with van der Waals surface area (Å²) in [5.41, 5.74) is 5.59. The lowest BCUT2D eigenvalue weighted by molar-refractivity contribution is -0.147. The summed E-state index contributed by atoms with van der Waals surface area (Å²) < 4.78 is 39.6. The van der Waals surface area contributed by atoms with Gasteiger partial charge in [0, 0.05) is 6.42 Å². The van der Waals surface area contributed by atoms with E-state index < -0.39 is 40.7 Å². The van der Waals surface area contributed by atoms with Crippen molar-refractivity contribution in [3.8, 4) is 0 Å². The molecule has 2 atom stereocenters. The number of carboxylic acid groups (broad SMARTS) is 1. The number of amides is 1. The number of halogens is 1. The highest BCUT2D eigenvalue weighted by atomic mass is 32.2. The molecule has 1 aromatic carbocycles. The number of para-hydroxylation sites is 1. The predicted octanol–water partition coefficient (Wildman–Crippen LogP) is -0.429. The number of likely N-dealkylation sites (tertiary alicyclic amines) is 1. The number of carbonyl (C=O) groups is 2. The van der Waals surface area contributed by atoms with Gasteiger partial charge in [-0.2, -0.15) is 0 Å². The Morgan fingerprint density at radius 3 is 2.65 bits per heavy atom. The van der Waals surface area contributed by atoms with Gasteiger partial charge in [0.1, 0.15) is 17.1 Å². The summed E-state index contributed by atoms with van der Waals surface area (Å²) in [7, 11) is -4.03. The van der Waals surface area contributed by atoms with E-state index in [1.165, 1.54) is 18.2 Å². The van der Waals surface area contributed by atoms with E-state index in [0.29, 0.717) is 0 Å². The lowest BCUT2D eigenvalue weighted by Crippen LogP contribution is -2.45. The quantitative estimate of drug-likeness (QED) is 0.621. The maximum absolute atomic E-state index is 13.3. The molecule has 23 heavy (non-hydrogen) atoms. The van der Waals surface area contributed by atoms with Gasteiger partial charge in [-0.3, -0.25) is 4.79 Å². The highest BCUT2D eigenvalue weighted by Gasteiger charge is 2.39. The number of carbonyl (C=O) groups excluding carboxylic acids is 1. The van der Waals surface area contributed by atoms with Crippen molar-refractivity contribution in [3.63, 3.8) is 0 Å². The number of benzene rings is 1. The molecule has 1 amide bonds. The van der Waals surface area contributed by atoms with Crippen LogP contribution in [0.15, 0.2) is 29.2 Å². The first-order valence-corrected chi connectivity index (χ1v) is 8.21. The molecule has 0 spiro atoms. The maximum atomic E-state index is 13.3. The van der Waals surface area contributed by atoms with Crippen molar-refractivity contribution < 1.29 is 27.5 Å². The molecule has 4 N–H and O–H groups in total. The van der Waals surface area contributed by atoms with E-state index in [-0.39, 0.29) is 23.5 Å². The molecule has 1 aliphatic rings. The van der Waals surface area contributed by atoms with Gasteiger partial charge < -0.3 is 15.7 Å². The number of hydrogen-bond acceptors (Lipinski definition) is 5. The third kappa shape index (κ3) is 3.77. The highest BCUT2D eigenvalue weighted by molar-refractivity contribution is 7.89. The Hall–Kier alpha value is -2.20. The summed E-state index contributed by atoms with van der Waals surface area (Å²) in [5.74, 6) is -2.13. The fourth-order valence-electron chi connectivity index (χ4n) is 2.36. The van der Waals surface area contributed by atoms with Crippen LogP contribution in [0.5, 0.6) is 0 Å². The molecule has 1 saturated heterocycles. The minimum Gasteiger partial charge on any atom is -0.480 e. The topological polar surface area (TPSA) is 130 Å². The number of nitrogens with one attached hydrogen (secondary N) is 1. The summed E-state index contributed by atoms with van der Waals surface area (Å²) in [5, 5.41) is 8.98. The highest BCUT2D eigenvalue weighted by Crippen LogP contribution is 2.21. The van der Waals surface area contributed by atoms with Crippen LogP contribution in [0.1, 0.15) is 6.42 Å². The van der Waals surface area contributed by atoms with E-state index >= 15 is 0 Å². The number of alkyl halides is 1. The predicted molar refractivity (Wildman–Crippen MR) is 78.7 cm³/mol. The molecule has 10 heteroatoms. The molecule has 0 saturated carbocycles. The zero-order chi connectivity index (χ0) is 17.2. The summed E-state index contributed by atoms with van der Waals surface area (Å²) in [6.07, 6.45) is -1.75. The second-order valence-electron chi connectivity index (χ2n) is 5.10. The van der Waals surface area contributed by atoms with Gasteiger partial charge in [0.05, 0.1) is 18.8 Å². The molecule has 8 nitrogen and oxygen atoms in total. The molecule has 1 fully saturated rings. The lowest BCUT2D eigenvalue weighted by atomic mass is 10.2. The minimum atomic E-state index is -4.03. The number of aliphatic carboxylic acids is 1. The van der Waals surface area contributed by atoms with Crippen LogP contribution in [0.2, 0.25) is 0 Å². The molecule has 2 rings (SSSR count). The smallest absolute Gasteiger partial charge is 0.326 e. The Bertz CT molecular complexity index is 724. The summed E-state index contributed by atoms with van der Waals surface area (Å²) in [6, 6.07) is 4.41. The molecule has 1 aromatic rings. The number of sulfonamides is 1. The molecular formula is C13H16FN3O5S. The number of nitrogens with zero attached hydrogens (tertiary/aromatic N) is 1. The fraction of sp³-hybridized carbons (Fsp3) is 0.385. The van der Waals surface area contributed by atoms with E-state index in [1.807, 2.05) is 0 Å². The van der Waals surface area contributed by atoms with Crippen LogP contribution in [-0.4, -0.2) is 55.6 Å². The average Bonchev–Trinajstić information content (AvgIpc) is 2.87. The first-order valence-electron chi connectivity index (χ1n) is 6.73. The summed E-state index contributed by atoms with van der Waals surface area (Å²) in [4.78, 5) is 23.7. The van der Waals surface area contributed by atoms with Crippen LogP contribution in [0.4, 0.5) is 10.1 Å². The Morgan fingerprint density at radius 1 is 1.39 bits per heavy atom. The Kier molecular flexibility index (Phi) is 4.85. The van der Waals surface area contributed by atoms with E-state index in [1.54, 1.807) is 6.07 Å². The van der Waals surface area contributed by atoms with E-state index in [0.717, 1.165) is 4.90 Å². The van der Waals surface area contributed by atoms with Crippen LogP contribution in [0.3, 0.4) is 0 Å². The standard InChI is InChI=1S/C13H16FN3O5S/c14-8-5-10(13(19)20)17(7-8)12(18)6-16-23(21,22)11-4-2-1-3-9(11)15/h1-4,8,10,16H,5-7,15H2,(H,19,20)/t8-,10-/m0/s1. The van der Waals surface area contributed by atoms with Crippen molar-refractivity contribution in [2.45, 2.75) is 23.5 Å². The third-order valence-electron chi connectivity index (χ3n) is 3.48. The van der Waals surface area contributed by atoms with Gasteiger partial charge in [0.25, 0.3) is 0 Å². The summed E-state index contributed by atoms with van der Waals surface area (Å²) >= 11 is 0. The molecule has 0 aliphatic carbocycles. The number of anilines is 1. The SMILES string of the molecule is Nc1ccccc1S(=O)(=O)NCC(=O)N1C[C@@H](F)C[C@H]1C(=O)O. The van der Waals surface area contributed by atoms with Crippen molar-refractivity contribution in [2.24, 2.45) is 0 Å². The molecule has 0 radical (unpaired) electrons. The van der Waals surface area contributed by atoms with Gasteiger partial charge in [-0.05, 0) is 12.1 Å². The number of rotatable bonds is 5. The number of nitrogen functional groups attached to an aromatic ring is 1. The van der Waals surface area contributed by atoms with E-state index in [9.17, 15) is 22.4 Å². The molecule has 1 heterocycles. The number of carboxylic acids is 1. The van der Waals surface area contributed by atoms with Crippen LogP contribution >= 0.6 is 0 Å². The zero-order valence-electron chi connectivity index (χ0n) is 12.0. The van der Waals surface area contributed by atoms with Gasteiger partial charge in [0.2, 0.25) is 15.9 Å². The van der Waals surface area contributed by atoms with Crippen molar-refractivity contribution in [2.75, 3.05) is 18.8 Å². The molecular weight excluding hydrogens is 329 g/mol. The Balaban J connectivity index is 2.07. The van der Waals surface area contributed by atoms with Gasteiger partial charge >= 0.3 is 5.97 Å². The van der Waals surface area contributed by atoms with Gasteiger partial charge in [0.15, 0.2) is 0 Å². The third-order valence-corrected chi connectivity index (χ3v) is 4.95. The number of nitrogens with two attached hydrogens (primary N) is 1. The molecule has 126 valence electrons. The van der Waals surface area contributed by atoms with Crippen molar-refractivity contribution in [1.82, 2.24) is 9.62 Å². The average molecular weight is 345 g/mol. The normalized spacial score (nSPS) is 21.3. The van der Waals surface area contributed by atoms with E-state index in [4.69, 9.17) is 10.8 Å².